The highest BCUT2D eigenvalue weighted by Crippen LogP contribution is 2.26. The summed E-state index contributed by atoms with van der Waals surface area (Å²) in [6.07, 6.45) is 1.29. The van der Waals surface area contributed by atoms with E-state index in [0.29, 0.717) is 5.69 Å². The number of aryl methyl sites for hydroxylation is 1. The minimum atomic E-state index is -3.64. The number of sulfonamides is 1. The molecule has 7 heteroatoms. The van der Waals surface area contributed by atoms with Crippen molar-refractivity contribution in [1.29, 1.82) is 0 Å². The fraction of sp³-hybridized carbons (Fsp3) is 0.308. The van der Waals surface area contributed by atoms with Crippen molar-refractivity contribution in [3.05, 3.63) is 47.5 Å². The third-order valence-electron chi connectivity index (χ3n) is 3.34. The average molecular weight is 297 g/mol. The number of hydrogen-bond donors (Lipinski definition) is 1. The van der Waals surface area contributed by atoms with Crippen LogP contribution in [0.2, 0.25) is 0 Å². The zero-order valence-electron chi connectivity index (χ0n) is 11.5. The van der Waals surface area contributed by atoms with Crippen LogP contribution in [0.4, 0.5) is 4.39 Å². The molecule has 1 aromatic carbocycles. The lowest BCUT2D eigenvalue weighted by atomic mass is 10.1. The Balaban J connectivity index is 2.33. The fourth-order valence-corrected chi connectivity index (χ4v) is 3.38. The number of aromatic amines is 1. The summed E-state index contributed by atoms with van der Waals surface area (Å²) in [5, 5.41) is 6.34. The van der Waals surface area contributed by atoms with Gasteiger partial charge in [0.1, 0.15) is 10.7 Å². The van der Waals surface area contributed by atoms with Crippen molar-refractivity contribution in [2.45, 2.75) is 24.8 Å². The van der Waals surface area contributed by atoms with Crippen LogP contribution in [0.5, 0.6) is 0 Å². The first-order valence-electron chi connectivity index (χ1n) is 6.07. The molecule has 2 rings (SSSR count). The first-order chi connectivity index (χ1) is 9.34. The van der Waals surface area contributed by atoms with Crippen molar-refractivity contribution in [3.8, 4) is 0 Å². The first kappa shape index (κ1) is 14.7. The molecule has 108 valence electrons. The third kappa shape index (κ3) is 2.59. The quantitative estimate of drug-likeness (QED) is 0.941. The van der Waals surface area contributed by atoms with Crippen LogP contribution in [0.15, 0.2) is 35.4 Å². The summed E-state index contributed by atoms with van der Waals surface area (Å²) in [7, 11) is -2.14. The molecule has 5 nitrogen and oxygen atoms in total. The van der Waals surface area contributed by atoms with Crippen molar-refractivity contribution in [2.24, 2.45) is 0 Å². The zero-order chi connectivity index (χ0) is 14.9. The van der Waals surface area contributed by atoms with Crippen LogP contribution >= 0.6 is 0 Å². The van der Waals surface area contributed by atoms with Gasteiger partial charge in [0.2, 0.25) is 10.0 Å². The van der Waals surface area contributed by atoms with Crippen LogP contribution in [0, 0.1) is 12.7 Å². The van der Waals surface area contributed by atoms with Gasteiger partial charge in [0.05, 0.1) is 11.9 Å². The maximum atomic E-state index is 12.9. The summed E-state index contributed by atoms with van der Waals surface area (Å²) in [5.41, 5.74) is 1.21. The maximum absolute atomic E-state index is 12.9. The number of halogens is 1. The van der Waals surface area contributed by atoms with Gasteiger partial charge in [0, 0.05) is 13.1 Å². The number of rotatable bonds is 4. The van der Waals surface area contributed by atoms with Crippen molar-refractivity contribution < 1.29 is 12.8 Å². The molecule has 0 aliphatic heterocycles. The predicted molar refractivity (Wildman–Crippen MR) is 73.1 cm³/mol. The number of H-pyrrole nitrogens is 1. The molecule has 1 heterocycles. The molecule has 0 saturated carbocycles. The van der Waals surface area contributed by atoms with Crippen molar-refractivity contribution in [2.75, 3.05) is 7.05 Å². The van der Waals surface area contributed by atoms with E-state index in [-0.39, 0.29) is 10.7 Å². The SMILES string of the molecule is Cc1[nH]ncc1S(=O)(=O)N(C)C(C)c1ccc(F)cc1. The Bertz CT molecular complexity index is 695. The van der Waals surface area contributed by atoms with Crippen LogP contribution in [-0.2, 0) is 10.0 Å². The second kappa shape index (κ2) is 5.34. The second-order valence-electron chi connectivity index (χ2n) is 4.61. The van der Waals surface area contributed by atoms with Gasteiger partial charge < -0.3 is 0 Å². The molecule has 2 aromatic rings. The van der Waals surface area contributed by atoms with Crippen molar-refractivity contribution >= 4 is 10.0 Å². The molecule has 0 saturated heterocycles. The topological polar surface area (TPSA) is 66.1 Å². The van der Waals surface area contributed by atoms with Gasteiger partial charge in [-0.05, 0) is 31.5 Å². The number of hydrogen-bond acceptors (Lipinski definition) is 3. The van der Waals surface area contributed by atoms with Gasteiger partial charge in [-0.2, -0.15) is 9.40 Å². The summed E-state index contributed by atoms with van der Waals surface area (Å²) in [4.78, 5) is 0.147. The van der Waals surface area contributed by atoms with Crippen LogP contribution in [0.1, 0.15) is 24.2 Å². The van der Waals surface area contributed by atoms with Gasteiger partial charge in [-0.3, -0.25) is 5.10 Å². The molecule has 0 aliphatic rings. The second-order valence-corrected chi connectivity index (χ2v) is 6.57. The fourth-order valence-electron chi connectivity index (χ4n) is 1.91. The zero-order valence-corrected chi connectivity index (χ0v) is 12.3. The lowest BCUT2D eigenvalue weighted by Gasteiger charge is -2.24. The summed E-state index contributed by atoms with van der Waals surface area (Å²) in [6, 6.07) is 5.38. The van der Waals surface area contributed by atoms with E-state index >= 15 is 0 Å². The molecule has 0 amide bonds. The highest BCUT2D eigenvalue weighted by atomic mass is 32.2. The largest absolute Gasteiger partial charge is 0.281 e. The van der Waals surface area contributed by atoms with Gasteiger partial charge in [-0.25, -0.2) is 12.8 Å². The van der Waals surface area contributed by atoms with Gasteiger partial charge in [-0.1, -0.05) is 12.1 Å². The molecular formula is C13H16FN3O2S. The number of nitrogens with zero attached hydrogens (tertiary/aromatic N) is 2. The molecule has 1 N–H and O–H groups in total. The Labute approximate surface area is 117 Å². The normalized spacial score (nSPS) is 13.7. The number of benzene rings is 1. The summed E-state index contributed by atoms with van der Waals surface area (Å²) in [5.74, 6) is -0.350. The molecule has 0 aliphatic carbocycles. The van der Waals surface area contributed by atoms with E-state index in [2.05, 4.69) is 10.2 Å². The van der Waals surface area contributed by atoms with Crippen LogP contribution in [0.25, 0.3) is 0 Å². The van der Waals surface area contributed by atoms with E-state index in [9.17, 15) is 12.8 Å². The Hall–Kier alpha value is -1.73. The Morgan fingerprint density at radius 1 is 1.30 bits per heavy atom. The monoisotopic (exact) mass is 297 g/mol. The van der Waals surface area contributed by atoms with E-state index in [1.54, 1.807) is 26.0 Å². The molecule has 0 radical (unpaired) electrons. The van der Waals surface area contributed by atoms with Gasteiger partial charge in [0.15, 0.2) is 0 Å². The van der Waals surface area contributed by atoms with Gasteiger partial charge in [0.25, 0.3) is 0 Å². The van der Waals surface area contributed by atoms with E-state index in [0.717, 1.165) is 5.56 Å². The molecule has 1 aromatic heterocycles. The van der Waals surface area contributed by atoms with Crippen LogP contribution in [0.3, 0.4) is 0 Å². The van der Waals surface area contributed by atoms with Crippen LogP contribution < -0.4 is 0 Å². The first-order valence-corrected chi connectivity index (χ1v) is 7.51. The standard InChI is InChI=1S/C13H16FN3O2S/c1-9-13(8-15-16-9)20(18,19)17(3)10(2)11-4-6-12(14)7-5-11/h4-8,10H,1-3H3,(H,15,16). The van der Waals surface area contributed by atoms with Crippen molar-refractivity contribution in [3.63, 3.8) is 0 Å². The average Bonchev–Trinajstić information content (AvgIpc) is 2.85. The summed E-state index contributed by atoms with van der Waals surface area (Å²) in [6.45, 7) is 3.40. The smallest absolute Gasteiger partial charge is 0.246 e. The van der Waals surface area contributed by atoms with Crippen molar-refractivity contribution in [1.82, 2.24) is 14.5 Å². The molecule has 1 unspecified atom stereocenters. The van der Waals surface area contributed by atoms with E-state index < -0.39 is 16.1 Å². The predicted octanol–water partition coefficient (Wildman–Crippen LogP) is 2.24. The highest BCUT2D eigenvalue weighted by molar-refractivity contribution is 7.89. The third-order valence-corrected chi connectivity index (χ3v) is 5.38. The summed E-state index contributed by atoms with van der Waals surface area (Å²) >= 11 is 0. The Morgan fingerprint density at radius 2 is 1.90 bits per heavy atom. The number of aromatic nitrogens is 2. The highest BCUT2D eigenvalue weighted by Gasteiger charge is 2.28. The Morgan fingerprint density at radius 3 is 2.40 bits per heavy atom. The molecular weight excluding hydrogens is 281 g/mol. The van der Waals surface area contributed by atoms with Gasteiger partial charge in [-0.15, -0.1) is 0 Å². The lowest BCUT2D eigenvalue weighted by molar-refractivity contribution is 0.398. The van der Waals surface area contributed by atoms with E-state index in [4.69, 9.17) is 0 Å². The molecule has 0 bridgehead atoms. The molecule has 1 atom stereocenters. The Kier molecular flexibility index (Phi) is 3.92. The molecule has 20 heavy (non-hydrogen) atoms. The maximum Gasteiger partial charge on any atom is 0.246 e. The molecule has 0 spiro atoms. The van der Waals surface area contributed by atoms with Crippen LogP contribution in [-0.4, -0.2) is 30.0 Å². The number of nitrogens with one attached hydrogen (secondary N) is 1. The lowest BCUT2D eigenvalue weighted by Crippen LogP contribution is -2.30. The van der Waals surface area contributed by atoms with E-state index in [1.807, 2.05) is 0 Å². The summed E-state index contributed by atoms with van der Waals surface area (Å²) < 4.78 is 39.1. The minimum Gasteiger partial charge on any atom is -0.281 e. The van der Waals surface area contributed by atoms with E-state index in [1.165, 1.54) is 29.7 Å². The minimum absolute atomic E-state index is 0.147. The van der Waals surface area contributed by atoms with Gasteiger partial charge >= 0.3 is 0 Å². The molecule has 0 fully saturated rings.